The minimum atomic E-state index is -1.12. The largest absolute Gasteiger partial charge is 0.377 e. The van der Waals surface area contributed by atoms with Gasteiger partial charge in [-0.3, -0.25) is 0 Å². The molecule has 0 aromatic heterocycles. The molecule has 1 N–H and O–H groups in total. The van der Waals surface area contributed by atoms with Crippen molar-refractivity contribution in [3.05, 3.63) is 24.3 Å². The van der Waals surface area contributed by atoms with Crippen LogP contribution in [0.5, 0.6) is 0 Å². The van der Waals surface area contributed by atoms with E-state index in [0.29, 0.717) is 5.92 Å². The molecule has 3 atom stereocenters. The van der Waals surface area contributed by atoms with Crippen molar-refractivity contribution in [3.8, 4) is 12.3 Å². The van der Waals surface area contributed by atoms with Crippen LogP contribution in [0.4, 0.5) is 0 Å². The van der Waals surface area contributed by atoms with Crippen LogP contribution in [-0.2, 0) is 0 Å². The molecule has 0 saturated carbocycles. The summed E-state index contributed by atoms with van der Waals surface area (Å²) >= 11 is 0. The number of hydrogen-bond acceptors (Lipinski definition) is 1. The Balaban J connectivity index is 4.80. The summed E-state index contributed by atoms with van der Waals surface area (Å²) in [4.78, 5) is 0. The van der Waals surface area contributed by atoms with E-state index in [1.807, 2.05) is 13.8 Å². The second-order valence-corrected chi connectivity index (χ2v) is 4.67. The molecule has 0 aliphatic rings. The molecule has 1 nitrogen and oxygen atoms in total. The van der Waals surface area contributed by atoms with Crippen LogP contribution in [0.15, 0.2) is 24.3 Å². The van der Waals surface area contributed by atoms with Gasteiger partial charge in [-0.15, -0.1) is 6.42 Å². The van der Waals surface area contributed by atoms with Crippen LogP contribution in [0.25, 0.3) is 0 Å². The van der Waals surface area contributed by atoms with E-state index in [9.17, 15) is 5.11 Å². The van der Waals surface area contributed by atoms with Crippen LogP contribution >= 0.6 is 0 Å². The summed E-state index contributed by atoms with van der Waals surface area (Å²) in [7, 11) is 0. The van der Waals surface area contributed by atoms with Gasteiger partial charge in [-0.1, -0.05) is 37.1 Å². The molecule has 0 bridgehead atoms. The van der Waals surface area contributed by atoms with E-state index < -0.39 is 5.60 Å². The number of terminal acetylenes is 1. The van der Waals surface area contributed by atoms with Gasteiger partial charge in [0, 0.05) is 5.92 Å². The average molecular weight is 206 g/mol. The van der Waals surface area contributed by atoms with Crippen LogP contribution in [0.1, 0.15) is 34.1 Å². The van der Waals surface area contributed by atoms with Gasteiger partial charge in [0.1, 0.15) is 5.60 Å². The Morgan fingerprint density at radius 2 is 1.87 bits per heavy atom. The molecule has 0 heterocycles. The first-order chi connectivity index (χ1) is 6.72. The lowest BCUT2D eigenvalue weighted by Crippen LogP contribution is -2.34. The normalized spacial score (nSPS) is 18.4. The van der Waals surface area contributed by atoms with Crippen molar-refractivity contribution in [1.82, 2.24) is 0 Å². The van der Waals surface area contributed by atoms with Gasteiger partial charge in [0.25, 0.3) is 0 Å². The Kier molecular flexibility index (Phi) is 4.84. The summed E-state index contributed by atoms with van der Waals surface area (Å²) in [6.45, 7) is 15.5. The summed E-state index contributed by atoms with van der Waals surface area (Å²) in [5.41, 5.74) is 0.912. The monoisotopic (exact) mass is 206 g/mol. The van der Waals surface area contributed by atoms with Crippen molar-refractivity contribution in [2.75, 3.05) is 0 Å². The molecule has 15 heavy (non-hydrogen) atoms. The zero-order chi connectivity index (χ0) is 12.2. The summed E-state index contributed by atoms with van der Waals surface area (Å²) in [6, 6.07) is 0. The predicted molar refractivity (Wildman–Crippen MR) is 66.4 cm³/mol. The van der Waals surface area contributed by atoms with Crippen LogP contribution < -0.4 is 0 Å². The minimum Gasteiger partial charge on any atom is -0.377 e. The number of allylic oxidation sites excluding steroid dienone is 1. The first-order valence-electron chi connectivity index (χ1n) is 5.23. The van der Waals surface area contributed by atoms with Crippen LogP contribution in [0.2, 0.25) is 0 Å². The molecule has 0 amide bonds. The molecule has 1 heteroatoms. The predicted octanol–water partition coefficient (Wildman–Crippen LogP) is 3.17. The Morgan fingerprint density at radius 1 is 1.40 bits per heavy atom. The fourth-order valence-electron chi connectivity index (χ4n) is 1.57. The molecule has 0 aromatic rings. The third-order valence-corrected chi connectivity index (χ3v) is 3.00. The smallest absolute Gasteiger partial charge is 0.128 e. The number of rotatable bonds is 5. The maximum atomic E-state index is 10.1. The third-order valence-electron chi connectivity index (χ3n) is 3.00. The Morgan fingerprint density at radius 3 is 2.13 bits per heavy atom. The molecule has 0 rings (SSSR count). The van der Waals surface area contributed by atoms with E-state index in [-0.39, 0.29) is 5.92 Å². The lowest BCUT2D eigenvalue weighted by molar-refractivity contribution is 0.0638. The van der Waals surface area contributed by atoms with E-state index in [1.165, 1.54) is 0 Å². The van der Waals surface area contributed by atoms with Gasteiger partial charge in [0.15, 0.2) is 0 Å². The van der Waals surface area contributed by atoms with Gasteiger partial charge in [0.05, 0.1) is 0 Å². The summed E-state index contributed by atoms with van der Waals surface area (Å²) < 4.78 is 0. The van der Waals surface area contributed by atoms with E-state index >= 15 is 0 Å². The van der Waals surface area contributed by atoms with Gasteiger partial charge < -0.3 is 5.11 Å². The summed E-state index contributed by atoms with van der Waals surface area (Å²) in [5.74, 6) is 2.70. The Hall–Kier alpha value is -1.00. The standard InChI is InChI=1S/C14H22O/c1-8-14(7,15)13(11(4)5)9-12(6)10(2)3/h1,12-13,15H,2,4,9H2,3,5-7H3. The second kappa shape index (κ2) is 5.19. The molecule has 0 aliphatic carbocycles. The summed E-state index contributed by atoms with van der Waals surface area (Å²) in [5, 5.41) is 10.1. The van der Waals surface area contributed by atoms with Gasteiger partial charge in [0.2, 0.25) is 0 Å². The topological polar surface area (TPSA) is 20.2 Å². The zero-order valence-corrected chi connectivity index (χ0v) is 10.3. The Bertz CT molecular complexity index is 291. The van der Waals surface area contributed by atoms with Gasteiger partial charge in [-0.25, -0.2) is 0 Å². The number of hydrogen-bond donors (Lipinski definition) is 1. The first kappa shape index (κ1) is 14.0. The van der Waals surface area contributed by atoms with Crippen molar-refractivity contribution in [1.29, 1.82) is 0 Å². The highest BCUT2D eigenvalue weighted by atomic mass is 16.3. The van der Waals surface area contributed by atoms with Crippen LogP contribution in [-0.4, -0.2) is 10.7 Å². The average Bonchev–Trinajstić information content (AvgIpc) is 2.12. The van der Waals surface area contributed by atoms with Crippen molar-refractivity contribution in [2.45, 2.75) is 39.7 Å². The fraction of sp³-hybridized carbons (Fsp3) is 0.571. The highest BCUT2D eigenvalue weighted by Gasteiger charge is 2.31. The molecule has 0 aliphatic heterocycles. The van der Waals surface area contributed by atoms with E-state index in [4.69, 9.17) is 6.42 Å². The quantitative estimate of drug-likeness (QED) is 0.541. The number of aliphatic hydroxyl groups is 1. The molecular weight excluding hydrogens is 184 g/mol. The molecule has 84 valence electrons. The molecule has 3 unspecified atom stereocenters. The molecule has 0 spiro atoms. The highest BCUT2D eigenvalue weighted by molar-refractivity contribution is 5.17. The van der Waals surface area contributed by atoms with Crippen molar-refractivity contribution in [3.63, 3.8) is 0 Å². The highest BCUT2D eigenvalue weighted by Crippen LogP contribution is 2.31. The first-order valence-corrected chi connectivity index (χ1v) is 5.23. The van der Waals surface area contributed by atoms with Crippen molar-refractivity contribution in [2.24, 2.45) is 11.8 Å². The van der Waals surface area contributed by atoms with Gasteiger partial charge in [-0.2, -0.15) is 0 Å². The third kappa shape index (κ3) is 3.93. The maximum absolute atomic E-state index is 10.1. The molecule has 0 fully saturated rings. The second-order valence-electron chi connectivity index (χ2n) is 4.67. The lowest BCUT2D eigenvalue weighted by atomic mass is 9.77. The van der Waals surface area contributed by atoms with Crippen molar-refractivity contribution >= 4 is 0 Å². The Labute approximate surface area is 93.9 Å². The molecule has 0 aromatic carbocycles. The van der Waals surface area contributed by atoms with Crippen molar-refractivity contribution < 1.29 is 5.11 Å². The molecule has 0 saturated heterocycles. The summed E-state index contributed by atoms with van der Waals surface area (Å²) in [6.07, 6.45) is 6.13. The molecule has 0 radical (unpaired) electrons. The maximum Gasteiger partial charge on any atom is 0.128 e. The van der Waals surface area contributed by atoms with Crippen LogP contribution in [0.3, 0.4) is 0 Å². The zero-order valence-electron chi connectivity index (χ0n) is 10.3. The van der Waals surface area contributed by atoms with E-state index in [2.05, 4.69) is 26.0 Å². The van der Waals surface area contributed by atoms with E-state index in [1.54, 1.807) is 6.92 Å². The lowest BCUT2D eigenvalue weighted by Gasteiger charge is -2.31. The minimum absolute atomic E-state index is 0.0748. The fourth-order valence-corrected chi connectivity index (χ4v) is 1.57. The SMILES string of the molecule is C#CC(C)(O)C(CC(C)C(=C)C)C(=C)C. The molecular formula is C14H22O. The van der Waals surface area contributed by atoms with Gasteiger partial charge >= 0.3 is 0 Å². The van der Waals surface area contributed by atoms with E-state index in [0.717, 1.165) is 17.6 Å². The van der Waals surface area contributed by atoms with Crippen LogP contribution in [0, 0.1) is 24.2 Å². The van der Waals surface area contributed by atoms with Gasteiger partial charge in [-0.05, 0) is 33.1 Å².